The third-order valence-electron chi connectivity index (χ3n) is 2.79. The van der Waals surface area contributed by atoms with Gasteiger partial charge < -0.3 is 10.4 Å². The molecule has 1 aromatic rings. The lowest BCUT2D eigenvalue weighted by atomic mass is 9.82. The van der Waals surface area contributed by atoms with Gasteiger partial charge in [0, 0.05) is 12.7 Å². The van der Waals surface area contributed by atoms with Crippen LogP contribution in [0, 0.1) is 16.0 Å². The molecule has 0 unspecified atom stereocenters. The van der Waals surface area contributed by atoms with E-state index in [2.05, 4.69) is 10.3 Å². The van der Waals surface area contributed by atoms with Crippen molar-refractivity contribution in [3.8, 4) is 0 Å². The maximum atomic E-state index is 10.7. The van der Waals surface area contributed by atoms with Gasteiger partial charge in [0.05, 0.1) is 11.0 Å². The molecule has 0 aliphatic heterocycles. The Kier molecular flexibility index (Phi) is 3.00. The molecule has 1 heterocycles. The smallest absolute Gasteiger partial charge is 0.310 e. The summed E-state index contributed by atoms with van der Waals surface area (Å²) in [7, 11) is 0. The Hall–Kier alpha value is -1.69. The monoisotopic (exact) mass is 223 g/mol. The fourth-order valence-corrected chi connectivity index (χ4v) is 1.80. The topological polar surface area (TPSA) is 88.3 Å². The number of aliphatic hydroxyl groups is 1. The second-order valence-corrected chi connectivity index (χ2v) is 4.02. The van der Waals surface area contributed by atoms with Crippen LogP contribution in [-0.2, 0) is 0 Å². The summed E-state index contributed by atoms with van der Waals surface area (Å²) in [4.78, 5) is 14.0. The molecule has 0 spiro atoms. The molecule has 16 heavy (non-hydrogen) atoms. The van der Waals surface area contributed by atoms with Gasteiger partial charge in [0.1, 0.15) is 11.9 Å². The summed E-state index contributed by atoms with van der Waals surface area (Å²) in [5, 5.41) is 22.8. The molecule has 1 saturated carbocycles. The molecule has 1 aliphatic carbocycles. The summed E-state index contributed by atoms with van der Waals surface area (Å²) in [6, 6.07) is 1.59. The van der Waals surface area contributed by atoms with Gasteiger partial charge in [-0.2, -0.15) is 0 Å². The first kappa shape index (κ1) is 10.8. The minimum atomic E-state index is -0.453. The highest BCUT2D eigenvalue weighted by molar-refractivity contribution is 5.59. The number of nitrogens with zero attached hydrogens (tertiary/aromatic N) is 2. The standard InChI is InChI=1S/C10H13N3O3/c14-8-3-7(4-8)5-12-9-1-2-11-6-10(9)13(15)16/h1-2,6-8,14H,3-5H2,(H,11,12). The van der Waals surface area contributed by atoms with Crippen molar-refractivity contribution in [3.05, 3.63) is 28.6 Å². The lowest BCUT2D eigenvalue weighted by Gasteiger charge is -2.31. The van der Waals surface area contributed by atoms with Crippen LogP contribution in [0.1, 0.15) is 12.8 Å². The lowest BCUT2D eigenvalue weighted by molar-refractivity contribution is -0.384. The molecule has 0 radical (unpaired) electrons. The maximum Gasteiger partial charge on any atom is 0.310 e. The molecule has 0 amide bonds. The van der Waals surface area contributed by atoms with Gasteiger partial charge in [-0.15, -0.1) is 0 Å². The number of anilines is 1. The average Bonchev–Trinajstić information content (AvgIpc) is 2.23. The SMILES string of the molecule is O=[N+]([O-])c1cnccc1NCC1CC(O)C1. The summed E-state index contributed by atoms with van der Waals surface area (Å²) in [5.41, 5.74) is 0.476. The molecule has 0 bridgehead atoms. The van der Waals surface area contributed by atoms with Crippen LogP contribution in [0.3, 0.4) is 0 Å². The Labute approximate surface area is 92.5 Å². The van der Waals surface area contributed by atoms with E-state index in [4.69, 9.17) is 5.11 Å². The number of hydrogen-bond donors (Lipinski definition) is 2. The van der Waals surface area contributed by atoms with E-state index in [-0.39, 0.29) is 11.8 Å². The second-order valence-electron chi connectivity index (χ2n) is 4.02. The van der Waals surface area contributed by atoms with Crippen molar-refractivity contribution >= 4 is 11.4 Å². The molecule has 1 fully saturated rings. The normalized spacial score (nSPS) is 23.6. The minimum absolute atomic E-state index is 0.0117. The summed E-state index contributed by atoms with van der Waals surface area (Å²) in [6.45, 7) is 0.655. The summed E-state index contributed by atoms with van der Waals surface area (Å²) < 4.78 is 0. The third kappa shape index (κ3) is 2.27. The Morgan fingerprint density at radius 3 is 3.00 bits per heavy atom. The number of rotatable bonds is 4. The van der Waals surface area contributed by atoms with Crippen molar-refractivity contribution < 1.29 is 10.0 Å². The van der Waals surface area contributed by atoms with E-state index in [0.717, 1.165) is 12.8 Å². The Bertz CT molecular complexity index is 391. The molecule has 0 saturated heterocycles. The van der Waals surface area contributed by atoms with Gasteiger partial charge in [0.15, 0.2) is 0 Å². The van der Waals surface area contributed by atoms with Crippen molar-refractivity contribution in [2.75, 3.05) is 11.9 Å². The fourth-order valence-electron chi connectivity index (χ4n) is 1.80. The molecular weight excluding hydrogens is 210 g/mol. The van der Waals surface area contributed by atoms with Gasteiger partial charge in [0.2, 0.25) is 0 Å². The highest BCUT2D eigenvalue weighted by Crippen LogP contribution is 2.29. The summed E-state index contributed by atoms with van der Waals surface area (Å²) in [5.74, 6) is 0.405. The van der Waals surface area contributed by atoms with Crippen molar-refractivity contribution in [2.45, 2.75) is 18.9 Å². The molecule has 6 heteroatoms. The average molecular weight is 223 g/mol. The molecular formula is C10H13N3O3. The first-order valence-corrected chi connectivity index (χ1v) is 5.17. The van der Waals surface area contributed by atoms with E-state index in [1.54, 1.807) is 6.07 Å². The van der Waals surface area contributed by atoms with Crippen LogP contribution in [-0.4, -0.2) is 27.7 Å². The molecule has 86 valence electrons. The number of nitro groups is 1. The number of hydrogen-bond acceptors (Lipinski definition) is 5. The third-order valence-corrected chi connectivity index (χ3v) is 2.79. The lowest BCUT2D eigenvalue weighted by Crippen LogP contribution is -2.33. The molecule has 0 atom stereocenters. The van der Waals surface area contributed by atoms with Crippen molar-refractivity contribution in [1.82, 2.24) is 4.98 Å². The van der Waals surface area contributed by atoms with Crippen LogP contribution in [0.5, 0.6) is 0 Å². The minimum Gasteiger partial charge on any atom is -0.393 e. The maximum absolute atomic E-state index is 10.7. The molecule has 1 aliphatic rings. The van der Waals surface area contributed by atoms with Gasteiger partial charge in [-0.05, 0) is 24.8 Å². The van der Waals surface area contributed by atoms with Gasteiger partial charge in [-0.1, -0.05) is 0 Å². The largest absolute Gasteiger partial charge is 0.393 e. The van der Waals surface area contributed by atoms with Gasteiger partial charge in [-0.25, -0.2) is 0 Å². The molecule has 0 aromatic carbocycles. The molecule has 6 nitrogen and oxygen atoms in total. The molecule has 2 rings (SSSR count). The van der Waals surface area contributed by atoms with E-state index in [1.807, 2.05) is 0 Å². The zero-order valence-electron chi connectivity index (χ0n) is 8.67. The van der Waals surface area contributed by atoms with Gasteiger partial charge in [0.25, 0.3) is 0 Å². The van der Waals surface area contributed by atoms with Crippen LogP contribution in [0.15, 0.2) is 18.5 Å². The Morgan fingerprint density at radius 1 is 1.62 bits per heavy atom. The fraction of sp³-hybridized carbons (Fsp3) is 0.500. The quantitative estimate of drug-likeness (QED) is 0.591. The van der Waals surface area contributed by atoms with Crippen molar-refractivity contribution in [3.63, 3.8) is 0 Å². The van der Waals surface area contributed by atoms with E-state index >= 15 is 0 Å². The number of pyridine rings is 1. The van der Waals surface area contributed by atoms with Crippen molar-refractivity contribution in [1.29, 1.82) is 0 Å². The summed E-state index contributed by atoms with van der Waals surface area (Å²) >= 11 is 0. The van der Waals surface area contributed by atoms with E-state index in [9.17, 15) is 10.1 Å². The zero-order valence-corrected chi connectivity index (χ0v) is 8.67. The highest BCUT2D eigenvalue weighted by Gasteiger charge is 2.27. The van der Waals surface area contributed by atoms with Crippen LogP contribution in [0.25, 0.3) is 0 Å². The second kappa shape index (κ2) is 4.44. The van der Waals surface area contributed by atoms with Crippen LogP contribution in [0.2, 0.25) is 0 Å². The predicted octanol–water partition coefficient (Wildman–Crippen LogP) is 1.17. The van der Waals surface area contributed by atoms with Crippen LogP contribution >= 0.6 is 0 Å². The Morgan fingerprint density at radius 2 is 2.38 bits per heavy atom. The van der Waals surface area contributed by atoms with E-state index in [0.29, 0.717) is 18.2 Å². The van der Waals surface area contributed by atoms with Gasteiger partial charge >= 0.3 is 5.69 Å². The summed E-state index contributed by atoms with van der Waals surface area (Å²) in [6.07, 6.45) is 4.10. The number of aliphatic hydroxyl groups excluding tert-OH is 1. The zero-order chi connectivity index (χ0) is 11.5. The van der Waals surface area contributed by atoms with Crippen LogP contribution in [0.4, 0.5) is 11.4 Å². The first-order chi connectivity index (χ1) is 7.66. The highest BCUT2D eigenvalue weighted by atomic mass is 16.6. The van der Waals surface area contributed by atoms with Crippen molar-refractivity contribution in [2.24, 2.45) is 5.92 Å². The van der Waals surface area contributed by atoms with E-state index < -0.39 is 4.92 Å². The number of aromatic nitrogens is 1. The predicted molar refractivity (Wildman–Crippen MR) is 58.1 cm³/mol. The number of nitrogens with one attached hydrogen (secondary N) is 1. The Balaban J connectivity index is 1.95. The van der Waals surface area contributed by atoms with Gasteiger partial charge in [-0.3, -0.25) is 15.1 Å². The van der Waals surface area contributed by atoms with E-state index in [1.165, 1.54) is 12.4 Å². The van der Waals surface area contributed by atoms with Crippen LogP contribution < -0.4 is 5.32 Å². The molecule has 1 aromatic heterocycles. The molecule has 2 N–H and O–H groups in total. The first-order valence-electron chi connectivity index (χ1n) is 5.17.